The molecule has 0 saturated heterocycles. The van der Waals surface area contributed by atoms with E-state index in [0.717, 1.165) is 22.8 Å². The summed E-state index contributed by atoms with van der Waals surface area (Å²) in [6.07, 6.45) is 1.06. The van der Waals surface area contributed by atoms with Crippen LogP contribution in [0.1, 0.15) is 0 Å². The highest BCUT2D eigenvalue weighted by molar-refractivity contribution is 5.98. The Morgan fingerprint density at radius 3 is 1.66 bits per heavy atom. The quantitative estimate of drug-likeness (QED) is 0.492. The van der Waals surface area contributed by atoms with Gasteiger partial charge in [-0.25, -0.2) is 9.59 Å². The van der Waals surface area contributed by atoms with Gasteiger partial charge in [-0.2, -0.15) is 0 Å². The van der Waals surface area contributed by atoms with Crippen molar-refractivity contribution in [1.29, 1.82) is 0 Å². The van der Waals surface area contributed by atoms with E-state index in [2.05, 4.69) is 46.5 Å². The molecule has 3 aromatic rings. The minimum Gasteiger partial charge on any atom is -0.466 e. The highest BCUT2D eigenvalue weighted by atomic mass is 16.5. The van der Waals surface area contributed by atoms with Crippen LogP contribution in [0.4, 0.5) is 5.69 Å². The number of ether oxygens (including phenoxy) is 2. The number of hydrogen-bond donors (Lipinski definition) is 1. The number of rotatable bonds is 6. The molecule has 5 nitrogen and oxygen atoms in total. The van der Waals surface area contributed by atoms with Crippen LogP contribution >= 0.6 is 0 Å². The minimum absolute atomic E-state index is 0.000635. The number of carbonyl (C=O) groups excluding carboxylic acids is 2. The largest absolute Gasteiger partial charge is 0.466 e. The summed E-state index contributed by atoms with van der Waals surface area (Å²) in [5, 5.41) is 2.89. The average Bonchev–Trinajstić information content (AvgIpc) is 2.79. The molecule has 3 rings (SSSR count). The van der Waals surface area contributed by atoms with Crippen molar-refractivity contribution in [3.63, 3.8) is 0 Å². The van der Waals surface area contributed by atoms with Gasteiger partial charge in [-0.3, -0.25) is 0 Å². The monoisotopic (exact) mass is 387 g/mol. The maximum atomic E-state index is 11.8. The zero-order chi connectivity index (χ0) is 20.6. The Labute approximate surface area is 169 Å². The van der Waals surface area contributed by atoms with E-state index >= 15 is 0 Å². The molecule has 0 amide bonds. The van der Waals surface area contributed by atoms with E-state index in [1.807, 2.05) is 42.5 Å². The molecule has 0 aliphatic heterocycles. The SMILES string of the molecule is COC(=O)/C=C(/Nc1ccc(-c2ccc(-c3ccccc3)cc2)cc1)C(=O)OC. The Morgan fingerprint density at radius 2 is 1.17 bits per heavy atom. The van der Waals surface area contributed by atoms with Crippen molar-refractivity contribution in [2.45, 2.75) is 0 Å². The molecule has 1 N–H and O–H groups in total. The lowest BCUT2D eigenvalue weighted by atomic mass is 10.0. The van der Waals surface area contributed by atoms with Crippen molar-refractivity contribution < 1.29 is 19.1 Å². The van der Waals surface area contributed by atoms with Gasteiger partial charge in [0.2, 0.25) is 0 Å². The molecular weight excluding hydrogens is 366 g/mol. The van der Waals surface area contributed by atoms with Gasteiger partial charge in [0.15, 0.2) is 0 Å². The zero-order valence-electron chi connectivity index (χ0n) is 16.2. The van der Waals surface area contributed by atoms with Gasteiger partial charge in [0.05, 0.1) is 20.3 Å². The molecule has 0 spiro atoms. The van der Waals surface area contributed by atoms with E-state index in [-0.39, 0.29) is 5.70 Å². The number of methoxy groups -OCH3 is 2. The number of benzene rings is 3. The normalized spacial score (nSPS) is 10.9. The number of hydrogen-bond acceptors (Lipinski definition) is 5. The summed E-state index contributed by atoms with van der Waals surface area (Å²) >= 11 is 0. The van der Waals surface area contributed by atoms with Crippen LogP contribution in [0.3, 0.4) is 0 Å². The van der Waals surface area contributed by atoms with Gasteiger partial charge in [-0.1, -0.05) is 66.7 Å². The van der Waals surface area contributed by atoms with Crippen molar-refractivity contribution in [3.05, 3.63) is 90.6 Å². The first-order chi connectivity index (χ1) is 14.1. The molecule has 0 radical (unpaired) electrons. The number of nitrogens with one attached hydrogen (secondary N) is 1. The van der Waals surface area contributed by atoms with Crippen LogP contribution in [0.2, 0.25) is 0 Å². The standard InChI is InChI=1S/C24H21NO4/c1-28-23(26)16-22(24(27)29-2)25-21-14-12-20(13-15-21)19-10-8-18(9-11-19)17-6-4-3-5-7-17/h3-16,25H,1-2H3/b22-16+. The Hall–Kier alpha value is -3.86. The average molecular weight is 387 g/mol. The van der Waals surface area contributed by atoms with Gasteiger partial charge >= 0.3 is 11.9 Å². The van der Waals surface area contributed by atoms with Gasteiger partial charge in [-0.15, -0.1) is 0 Å². The topological polar surface area (TPSA) is 64.6 Å². The van der Waals surface area contributed by atoms with Gasteiger partial charge < -0.3 is 14.8 Å². The highest BCUT2D eigenvalue weighted by Crippen LogP contribution is 2.26. The third kappa shape index (κ3) is 5.11. The summed E-state index contributed by atoms with van der Waals surface area (Å²) < 4.78 is 9.26. The third-order valence-electron chi connectivity index (χ3n) is 4.36. The molecule has 0 atom stereocenters. The van der Waals surface area contributed by atoms with E-state index in [0.29, 0.717) is 5.69 Å². The fourth-order valence-electron chi connectivity index (χ4n) is 2.82. The molecule has 3 aromatic carbocycles. The molecule has 0 heterocycles. The Kier molecular flexibility index (Phi) is 6.43. The van der Waals surface area contributed by atoms with Crippen LogP contribution in [-0.2, 0) is 19.1 Å². The lowest BCUT2D eigenvalue weighted by Crippen LogP contribution is -2.15. The van der Waals surface area contributed by atoms with E-state index in [4.69, 9.17) is 4.74 Å². The lowest BCUT2D eigenvalue weighted by Gasteiger charge is -2.10. The van der Waals surface area contributed by atoms with Gasteiger partial charge in [0, 0.05) is 5.69 Å². The van der Waals surface area contributed by atoms with Crippen LogP contribution in [0.25, 0.3) is 22.3 Å². The Balaban J connectivity index is 1.76. The summed E-state index contributed by atoms with van der Waals surface area (Å²) in [6, 6.07) is 26.0. The van der Waals surface area contributed by atoms with Crippen LogP contribution in [0, 0.1) is 0 Å². The second-order valence-electron chi connectivity index (χ2n) is 6.22. The Bertz CT molecular complexity index is 1010. The fourth-order valence-corrected chi connectivity index (χ4v) is 2.82. The zero-order valence-corrected chi connectivity index (χ0v) is 16.2. The first kappa shape index (κ1) is 19.9. The number of anilines is 1. The molecular formula is C24H21NO4. The van der Waals surface area contributed by atoms with E-state index in [1.165, 1.54) is 19.8 Å². The van der Waals surface area contributed by atoms with E-state index in [1.54, 1.807) is 0 Å². The van der Waals surface area contributed by atoms with Crippen molar-refractivity contribution in [1.82, 2.24) is 0 Å². The molecule has 5 heteroatoms. The van der Waals surface area contributed by atoms with Gasteiger partial charge in [-0.05, 0) is 34.4 Å². The summed E-state index contributed by atoms with van der Waals surface area (Å²) in [6.45, 7) is 0. The number of carbonyl (C=O) groups is 2. The van der Waals surface area contributed by atoms with Crippen LogP contribution < -0.4 is 5.32 Å². The predicted octanol–water partition coefficient (Wildman–Crippen LogP) is 4.66. The molecule has 29 heavy (non-hydrogen) atoms. The van der Waals surface area contributed by atoms with Crippen molar-refractivity contribution >= 4 is 17.6 Å². The summed E-state index contributed by atoms with van der Waals surface area (Å²) in [4.78, 5) is 23.3. The first-order valence-electron chi connectivity index (χ1n) is 9.01. The minimum atomic E-state index is -0.657. The highest BCUT2D eigenvalue weighted by Gasteiger charge is 2.12. The van der Waals surface area contributed by atoms with Crippen LogP contribution in [0.5, 0.6) is 0 Å². The predicted molar refractivity (Wildman–Crippen MR) is 113 cm³/mol. The molecule has 0 aliphatic carbocycles. The Morgan fingerprint density at radius 1 is 0.690 bits per heavy atom. The molecule has 0 bridgehead atoms. The molecule has 146 valence electrons. The van der Waals surface area contributed by atoms with E-state index in [9.17, 15) is 9.59 Å². The van der Waals surface area contributed by atoms with E-state index < -0.39 is 11.9 Å². The first-order valence-corrected chi connectivity index (χ1v) is 9.01. The summed E-state index contributed by atoms with van der Waals surface area (Å²) in [5.74, 6) is -1.30. The van der Waals surface area contributed by atoms with Crippen LogP contribution in [0.15, 0.2) is 90.6 Å². The van der Waals surface area contributed by atoms with Crippen LogP contribution in [-0.4, -0.2) is 26.2 Å². The summed E-state index contributed by atoms with van der Waals surface area (Å²) in [5.41, 5.74) is 5.09. The van der Waals surface area contributed by atoms with Crippen molar-refractivity contribution in [3.8, 4) is 22.3 Å². The fraction of sp³-hybridized carbons (Fsp3) is 0.0833. The number of esters is 2. The molecule has 0 unspecified atom stereocenters. The molecule has 0 aliphatic rings. The summed E-state index contributed by atoms with van der Waals surface area (Å²) in [7, 11) is 2.49. The smallest absolute Gasteiger partial charge is 0.354 e. The third-order valence-corrected chi connectivity index (χ3v) is 4.36. The molecule has 0 saturated carbocycles. The molecule has 0 fully saturated rings. The maximum absolute atomic E-state index is 11.8. The van der Waals surface area contributed by atoms with Crippen molar-refractivity contribution in [2.24, 2.45) is 0 Å². The second-order valence-corrected chi connectivity index (χ2v) is 6.22. The lowest BCUT2D eigenvalue weighted by molar-refractivity contribution is -0.138. The van der Waals surface area contributed by atoms with Crippen molar-refractivity contribution in [2.75, 3.05) is 19.5 Å². The molecule has 0 aromatic heterocycles. The van der Waals surface area contributed by atoms with Gasteiger partial charge in [0.25, 0.3) is 0 Å². The maximum Gasteiger partial charge on any atom is 0.354 e. The second kappa shape index (κ2) is 9.37. The van der Waals surface area contributed by atoms with Gasteiger partial charge in [0.1, 0.15) is 5.70 Å².